The first-order chi connectivity index (χ1) is 18.4. The third-order valence-corrected chi connectivity index (χ3v) is 8.26. The molecule has 1 unspecified atom stereocenters. The van der Waals surface area contributed by atoms with Gasteiger partial charge in [0.25, 0.3) is 10.0 Å². The van der Waals surface area contributed by atoms with Crippen molar-refractivity contribution in [1.29, 1.82) is 0 Å². The number of nitrogens with zero attached hydrogens (tertiary/aromatic N) is 2. The van der Waals surface area contributed by atoms with Crippen LogP contribution in [0.2, 0.25) is 5.02 Å². The maximum absolute atomic E-state index is 13.9. The van der Waals surface area contributed by atoms with Gasteiger partial charge in [-0.15, -0.1) is 0 Å². The molecular weight excluding hydrogens is 534 g/mol. The molecule has 0 fully saturated rings. The van der Waals surface area contributed by atoms with Gasteiger partial charge in [-0.2, -0.15) is 0 Å². The van der Waals surface area contributed by atoms with Gasteiger partial charge in [0.15, 0.2) is 0 Å². The van der Waals surface area contributed by atoms with Crippen molar-refractivity contribution in [1.82, 2.24) is 10.2 Å². The Balaban J connectivity index is 2.03. The molecule has 1 atom stereocenters. The van der Waals surface area contributed by atoms with Gasteiger partial charge in [0.2, 0.25) is 11.8 Å². The second kappa shape index (κ2) is 13.1. The number of halogens is 1. The molecule has 0 aliphatic carbocycles. The molecule has 0 bridgehead atoms. The van der Waals surface area contributed by atoms with Crippen molar-refractivity contribution >= 4 is 39.1 Å². The summed E-state index contributed by atoms with van der Waals surface area (Å²) in [6.45, 7) is 9.46. The van der Waals surface area contributed by atoms with Crippen LogP contribution in [0.5, 0.6) is 0 Å². The van der Waals surface area contributed by atoms with E-state index in [0.29, 0.717) is 17.3 Å². The van der Waals surface area contributed by atoms with Crippen LogP contribution in [-0.4, -0.2) is 44.3 Å². The quantitative estimate of drug-likeness (QED) is 0.338. The topological polar surface area (TPSA) is 86.8 Å². The van der Waals surface area contributed by atoms with Gasteiger partial charge in [-0.1, -0.05) is 61.8 Å². The lowest BCUT2D eigenvalue weighted by atomic mass is 10.1. The normalized spacial score (nSPS) is 12.2. The smallest absolute Gasteiger partial charge is 0.264 e. The second-order valence-corrected chi connectivity index (χ2v) is 12.4. The first-order valence-electron chi connectivity index (χ1n) is 12.9. The summed E-state index contributed by atoms with van der Waals surface area (Å²) < 4.78 is 28.8. The highest BCUT2D eigenvalue weighted by molar-refractivity contribution is 7.92. The molecule has 0 aliphatic heterocycles. The number of sulfonamides is 1. The Hall–Kier alpha value is -3.36. The predicted octanol–water partition coefficient (Wildman–Crippen LogP) is 5.34. The summed E-state index contributed by atoms with van der Waals surface area (Å²) in [7, 11) is -4.09. The molecule has 3 rings (SSSR count). The minimum atomic E-state index is -4.09. The zero-order chi connectivity index (χ0) is 28.7. The van der Waals surface area contributed by atoms with E-state index in [0.717, 1.165) is 21.0 Å². The Morgan fingerprint density at radius 2 is 1.49 bits per heavy atom. The van der Waals surface area contributed by atoms with Crippen molar-refractivity contribution < 1.29 is 18.0 Å². The van der Waals surface area contributed by atoms with Gasteiger partial charge in [-0.25, -0.2) is 8.42 Å². The molecule has 3 aromatic carbocycles. The third kappa shape index (κ3) is 8.07. The Bertz CT molecular complexity index is 1370. The zero-order valence-corrected chi connectivity index (χ0v) is 24.6. The maximum Gasteiger partial charge on any atom is 0.264 e. The number of carbonyl (C=O) groups is 2. The molecule has 0 radical (unpaired) electrons. The fourth-order valence-electron chi connectivity index (χ4n) is 4.16. The van der Waals surface area contributed by atoms with Gasteiger partial charge in [0.05, 0.1) is 10.6 Å². The van der Waals surface area contributed by atoms with Crippen molar-refractivity contribution in [2.24, 2.45) is 5.92 Å². The largest absolute Gasteiger partial charge is 0.354 e. The van der Waals surface area contributed by atoms with Crippen LogP contribution in [0.3, 0.4) is 0 Å². The number of anilines is 1. The Kier molecular flexibility index (Phi) is 10.2. The standard InChI is InChI=1S/C30H36ClN3O4S/c1-21(2)18-32-30(36)24(5)33(19-25-11-13-26(31)14-12-25)29(35)20-34(27-16-22(3)15-23(4)17-27)39(37,38)28-9-7-6-8-10-28/h6-17,21,24H,18-20H2,1-5H3,(H,32,36). The Morgan fingerprint density at radius 3 is 2.05 bits per heavy atom. The number of amides is 2. The summed E-state index contributed by atoms with van der Waals surface area (Å²) in [6.07, 6.45) is 0. The van der Waals surface area contributed by atoms with Crippen LogP contribution in [-0.2, 0) is 26.2 Å². The van der Waals surface area contributed by atoms with Crippen molar-refractivity contribution in [2.45, 2.75) is 52.1 Å². The molecule has 208 valence electrons. The summed E-state index contributed by atoms with van der Waals surface area (Å²) in [5, 5.41) is 3.43. The van der Waals surface area contributed by atoms with Crippen LogP contribution in [0, 0.1) is 19.8 Å². The minimum Gasteiger partial charge on any atom is -0.354 e. The number of benzene rings is 3. The molecule has 0 heterocycles. The molecule has 0 aliphatic rings. The zero-order valence-electron chi connectivity index (χ0n) is 23.0. The Morgan fingerprint density at radius 1 is 0.897 bits per heavy atom. The lowest BCUT2D eigenvalue weighted by molar-refractivity contribution is -0.139. The van der Waals surface area contributed by atoms with Crippen LogP contribution in [0.4, 0.5) is 5.69 Å². The van der Waals surface area contributed by atoms with E-state index in [1.54, 1.807) is 61.5 Å². The maximum atomic E-state index is 13.9. The fraction of sp³-hybridized carbons (Fsp3) is 0.333. The number of hydrogen-bond acceptors (Lipinski definition) is 4. The van der Waals surface area contributed by atoms with Crippen molar-refractivity contribution in [2.75, 3.05) is 17.4 Å². The third-order valence-electron chi connectivity index (χ3n) is 6.22. The van der Waals surface area contributed by atoms with Gasteiger partial charge in [-0.05, 0) is 79.8 Å². The lowest BCUT2D eigenvalue weighted by Gasteiger charge is -2.32. The van der Waals surface area contributed by atoms with Crippen molar-refractivity contribution in [3.8, 4) is 0 Å². The van der Waals surface area contributed by atoms with Crippen LogP contribution in [0.15, 0.2) is 77.7 Å². The summed E-state index contributed by atoms with van der Waals surface area (Å²) in [6, 6.07) is 19.6. The molecule has 0 aromatic heterocycles. The van der Waals surface area contributed by atoms with E-state index in [4.69, 9.17) is 11.6 Å². The van der Waals surface area contributed by atoms with Crippen LogP contribution < -0.4 is 9.62 Å². The number of nitrogens with one attached hydrogen (secondary N) is 1. The van der Waals surface area contributed by atoms with Crippen molar-refractivity contribution in [3.63, 3.8) is 0 Å². The fourth-order valence-corrected chi connectivity index (χ4v) is 5.71. The summed E-state index contributed by atoms with van der Waals surface area (Å²) in [5.41, 5.74) is 2.88. The monoisotopic (exact) mass is 569 g/mol. The highest BCUT2D eigenvalue weighted by atomic mass is 35.5. The molecule has 2 amide bonds. The van der Waals surface area contributed by atoms with E-state index < -0.39 is 28.5 Å². The molecule has 7 nitrogen and oxygen atoms in total. The number of aryl methyl sites for hydroxylation is 2. The first-order valence-corrected chi connectivity index (χ1v) is 14.7. The van der Waals surface area contributed by atoms with Gasteiger partial charge in [-0.3, -0.25) is 13.9 Å². The molecule has 0 spiro atoms. The molecule has 39 heavy (non-hydrogen) atoms. The van der Waals surface area contributed by atoms with E-state index >= 15 is 0 Å². The van der Waals surface area contributed by atoms with Gasteiger partial charge < -0.3 is 10.2 Å². The van der Waals surface area contributed by atoms with Crippen molar-refractivity contribution in [3.05, 3.63) is 94.5 Å². The van der Waals surface area contributed by atoms with E-state index in [1.807, 2.05) is 33.8 Å². The van der Waals surface area contributed by atoms with Crippen LogP contribution in [0.25, 0.3) is 0 Å². The number of hydrogen-bond donors (Lipinski definition) is 1. The number of rotatable bonds is 11. The van der Waals surface area contributed by atoms with Gasteiger partial charge in [0.1, 0.15) is 12.6 Å². The molecule has 3 aromatic rings. The van der Waals surface area contributed by atoms with Gasteiger partial charge in [0, 0.05) is 18.1 Å². The van der Waals surface area contributed by atoms with Crippen LogP contribution >= 0.6 is 11.6 Å². The summed E-state index contributed by atoms with van der Waals surface area (Å²) >= 11 is 6.05. The first kappa shape index (κ1) is 30.2. The summed E-state index contributed by atoms with van der Waals surface area (Å²) in [5.74, 6) is -0.580. The van der Waals surface area contributed by atoms with E-state index in [1.165, 1.54) is 17.0 Å². The van der Waals surface area contributed by atoms with E-state index in [-0.39, 0.29) is 23.3 Å². The molecule has 9 heteroatoms. The SMILES string of the molecule is Cc1cc(C)cc(N(CC(=O)N(Cc2ccc(Cl)cc2)C(C)C(=O)NCC(C)C)S(=O)(=O)c2ccccc2)c1. The van der Waals surface area contributed by atoms with Crippen LogP contribution in [0.1, 0.15) is 37.5 Å². The summed E-state index contributed by atoms with van der Waals surface area (Å²) in [4.78, 5) is 28.5. The average Bonchev–Trinajstić information content (AvgIpc) is 2.89. The number of carbonyl (C=O) groups excluding carboxylic acids is 2. The highest BCUT2D eigenvalue weighted by Crippen LogP contribution is 2.26. The minimum absolute atomic E-state index is 0.0731. The molecule has 0 saturated carbocycles. The second-order valence-electron chi connectivity index (χ2n) is 10.1. The molecular formula is C30H36ClN3O4S. The van der Waals surface area contributed by atoms with E-state index in [2.05, 4.69) is 5.32 Å². The van der Waals surface area contributed by atoms with Gasteiger partial charge >= 0.3 is 0 Å². The lowest BCUT2D eigenvalue weighted by Crippen LogP contribution is -2.51. The predicted molar refractivity (Wildman–Crippen MR) is 156 cm³/mol. The Labute approximate surface area is 236 Å². The van der Waals surface area contributed by atoms with E-state index in [9.17, 15) is 18.0 Å². The molecule has 0 saturated heterocycles. The molecule has 1 N–H and O–H groups in total. The highest BCUT2D eigenvalue weighted by Gasteiger charge is 2.32. The average molecular weight is 570 g/mol.